The lowest BCUT2D eigenvalue weighted by atomic mass is 10.1. The molecule has 2 heterocycles. The molecular weight excluding hydrogens is 450 g/mol. The van der Waals surface area contributed by atoms with E-state index in [1.165, 1.54) is 12.1 Å². The number of aromatic nitrogens is 3. The summed E-state index contributed by atoms with van der Waals surface area (Å²) in [5.41, 5.74) is 1.94. The number of esters is 1. The summed E-state index contributed by atoms with van der Waals surface area (Å²) >= 11 is 5.95. The molecule has 0 amide bonds. The SMILES string of the molecule is CCOC(=O)c1c(-c2ccc(Cl)cc2)noc1Nc1ccc(-c2cccc([N+](=O)[O-])c2)nn1. The average molecular weight is 466 g/mol. The molecule has 0 atom stereocenters. The Morgan fingerprint density at radius 1 is 1.12 bits per heavy atom. The third-order valence-corrected chi connectivity index (χ3v) is 4.80. The van der Waals surface area contributed by atoms with E-state index in [0.717, 1.165) is 0 Å². The van der Waals surface area contributed by atoms with Gasteiger partial charge in [0.1, 0.15) is 5.69 Å². The second kappa shape index (κ2) is 9.45. The van der Waals surface area contributed by atoms with Gasteiger partial charge in [-0.2, -0.15) is 0 Å². The minimum Gasteiger partial charge on any atom is -0.462 e. The second-order valence-electron chi connectivity index (χ2n) is 6.70. The number of nitrogens with zero attached hydrogens (tertiary/aromatic N) is 4. The van der Waals surface area contributed by atoms with Gasteiger partial charge in [0, 0.05) is 28.3 Å². The highest BCUT2D eigenvalue weighted by Crippen LogP contribution is 2.32. The van der Waals surface area contributed by atoms with Crippen LogP contribution in [0.2, 0.25) is 5.02 Å². The van der Waals surface area contributed by atoms with Crippen LogP contribution >= 0.6 is 11.6 Å². The number of nitro benzene ring substituents is 1. The first-order valence-corrected chi connectivity index (χ1v) is 10.1. The summed E-state index contributed by atoms with van der Waals surface area (Å²) < 4.78 is 10.5. The standard InChI is InChI=1S/C22H16ClN5O5/c1-2-32-22(29)19-20(13-6-8-15(23)9-7-13)27-33-21(19)24-18-11-10-17(25-26-18)14-4-3-5-16(12-14)28(30)31/h3-12H,2H2,1H3,(H,24,26). The Hall–Kier alpha value is -4.31. The predicted molar refractivity (Wildman–Crippen MR) is 120 cm³/mol. The van der Waals surface area contributed by atoms with Crippen LogP contribution in [-0.4, -0.2) is 32.9 Å². The van der Waals surface area contributed by atoms with Crippen molar-refractivity contribution in [1.82, 2.24) is 15.4 Å². The Kier molecular flexibility index (Phi) is 6.27. The molecule has 0 spiro atoms. The first-order chi connectivity index (χ1) is 16.0. The number of carbonyl (C=O) groups is 1. The van der Waals surface area contributed by atoms with Crippen molar-refractivity contribution < 1.29 is 19.0 Å². The fraction of sp³-hybridized carbons (Fsp3) is 0.0909. The first-order valence-electron chi connectivity index (χ1n) is 9.74. The summed E-state index contributed by atoms with van der Waals surface area (Å²) in [7, 11) is 0. The Bertz CT molecular complexity index is 1310. The van der Waals surface area contributed by atoms with Gasteiger partial charge in [-0.3, -0.25) is 10.1 Å². The van der Waals surface area contributed by atoms with Gasteiger partial charge >= 0.3 is 5.97 Å². The topological polar surface area (TPSA) is 133 Å². The summed E-state index contributed by atoms with van der Waals surface area (Å²) in [6.07, 6.45) is 0. The number of ether oxygens (including phenoxy) is 1. The summed E-state index contributed by atoms with van der Waals surface area (Å²) in [5.74, 6) is -0.309. The molecule has 0 saturated heterocycles. The van der Waals surface area contributed by atoms with Crippen LogP contribution in [-0.2, 0) is 4.74 Å². The monoisotopic (exact) mass is 465 g/mol. The van der Waals surface area contributed by atoms with Crippen LogP contribution in [0.1, 0.15) is 17.3 Å². The minimum absolute atomic E-state index is 0.0378. The van der Waals surface area contributed by atoms with Crippen molar-refractivity contribution in [3.8, 4) is 22.5 Å². The van der Waals surface area contributed by atoms with E-state index in [0.29, 0.717) is 21.8 Å². The van der Waals surface area contributed by atoms with E-state index in [4.69, 9.17) is 20.9 Å². The van der Waals surface area contributed by atoms with Gasteiger partial charge in [0.25, 0.3) is 5.69 Å². The van der Waals surface area contributed by atoms with E-state index in [9.17, 15) is 14.9 Å². The third-order valence-electron chi connectivity index (χ3n) is 4.55. The quantitative estimate of drug-likeness (QED) is 0.219. The number of non-ortho nitro benzene ring substituents is 1. The van der Waals surface area contributed by atoms with E-state index >= 15 is 0 Å². The molecule has 11 heteroatoms. The third kappa shape index (κ3) is 4.80. The molecule has 10 nitrogen and oxygen atoms in total. The number of hydrogen-bond donors (Lipinski definition) is 1. The molecule has 0 aliphatic rings. The van der Waals surface area contributed by atoms with Crippen LogP contribution in [0.25, 0.3) is 22.5 Å². The number of nitrogens with one attached hydrogen (secondary N) is 1. The highest BCUT2D eigenvalue weighted by molar-refractivity contribution is 6.30. The molecule has 0 aliphatic carbocycles. The molecule has 0 fully saturated rings. The number of hydrogen-bond acceptors (Lipinski definition) is 9. The molecule has 2 aromatic heterocycles. The van der Waals surface area contributed by atoms with Crippen molar-refractivity contribution in [2.24, 2.45) is 0 Å². The molecule has 0 saturated carbocycles. The Labute approximate surface area is 192 Å². The molecule has 0 bridgehead atoms. The maximum Gasteiger partial charge on any atom is 0.346 e. The molecule has 0 aliphatic heterocycles. The molecule has 1 N–H and O–H groups in total. The van der Waals surface area contributed by atoms with Gasteiger partial charge in [0.15, 0.2) is 11.4 Å². The van der Waals surface area contributed by atoms with Crippen LogP contribution in [0.15, 0.2) is 65.2 Å². The summed E-state index contributed by atoms with van der Waals surface area (Å²) in [4.78, 5) is 23.1. The lowest BCUT2D eigenvalue weighted by Gasteiger charge is -2.06. The van der Waals surface area contributed by atoms with Crippen molar-refractivity contribution >= 4 is 35.0 Å². The Morgan fingerprint density at radius 3 is 2.58 bits per heavy atom. The molecular formula is C22H16ClN5O5. The van der Waals surface area contributed by atoms with E-state index in [-0.39, 0.29) is 35.3 Å². The lowest BCUT2D eigenvalue weighted by Crippen LogP contribution is -2.08. The lowest BCUT2D eigenvalue weighted by molar-refractivity contribution is -0.384. The first kappa shape index (κ1) is 21.9. The van der Waals surface area contributed by atoms with Gasteiger partial charge in [-0.25, -0.2) is 4.79 Å². The molecule has 0 unspecified atom stereocenters. The molecule has 2 aromatic carbocycles. The zero-order valence-corrected chi connectivity index (χ0v) is 17.9. The maximum atomic E-state index is 12.6. The van der Waals surface area contributed by atoms with Crippen LogP contribution < -0.4 is 5.32 Å². The zero-order valence-electron chi connectivity index (χ0n) is 17.2. The predicted octanol–water partition coefficient (Wildman–Crippen LogP) is 5.28. The second-order valence-corrected chi connectivity index (χ2v) is 7.14. The van der Waals surface area contributed by atoms with Crippen molar-refractivity contribution in [2.45, 2.75) is 6.92 Å². The van der Waals surface area contributed by atoms with E-state index in [2.05, 4.69) is 20.7 Å². The van der Waals surface area contributed by atoms with Crippen molar-refractivity contribution in [1.29, 1.82) is 0 Å². The zero-order chi connectivity index (χ0) is 23.4. The highest BCUT2D eigenvalue weighted by Gasteiger charge is 2.26. The smallest absolute Gasteiger partial charge is 0.346 e. The van der Waals surface area contributed by atoms with E-state index in [1.54, 1.807) is 55.5 Å². The largest absolute Gasteiger partial charge is 0.462 e. The molecule has 4 rings (SSSR count). The van der Waals surface area contributed by atoms with Gasteiger partial charge in [0.2, 0.25) is 5.88 Å². The number of anilines is 2. The fourth-order valence-corrected chi connectivity index (χ4v) is 3.15. The van der Waals surface area contributed by atoms with Gasteiger partial charge in [-0.15, -0.1) is 10.2 Å². The maximum absolute atomic E-state index is 12.6. The van der Waals surface area contributed by atoms with Crippen LogP contribution in [0, 0.1) is 10.1 Å². The Morgan fingerprint density at radius 2 is 1.91 bits per heavy atom. The summed E-state index contributed by atoms with van der Waals surface area (Å²) in [5, 5.41) is 26.6. The molecule has 4 aromatic rings. The van der Waals surface area contributed by atoms with Crippen molar-refractivity contribution in [3.05, 3.63) is 81.4 Å². The normalized spacial score (nSPS) is 10.6. The number of benzene rings is 2. The van der Waals surface area contributed by atoms with Gasteiger partial charge < -0.3 is 14.6 Å². The van der Waals surface area contributed by atoms with Crippen LogP contribution in [0.4, 0.5) is 17.4 Å². The number of rotatable bonds is 7. The summed E-state index contributed by atoms with van der Waals surface area (Å²) in [6.45, 7) is 1.86. The molecule has 0 radical (unpaired) electrons. The fourth-order valence-electron chi connectivity index (χ4n) is 3.02. The number of nitro groups is 1. The number of halogens is 1. The minimum atomic E-state index is -0.618. The number of carbonyl (C=O) groups excluding carboxylic acids is 1. The van der Waals surface area contributed by atoms with Crippen molar-refractivity contribution in [3.63, 3.8) is 0 Å². The van der Waals surface area contributed by atoms with Crippen LogP contribution in [0.5, 0.6) is 0 Å². The molecule has 33 heavy (non-hydrogen) atoms. The van der Waals surface area contributed by atoms with Gasteiger partial charge in [-0.1, -0.05) is 41.0 Å². The van der Waals surface area contributed by atoms with Gasteiger partial charge in [-0.05, 0) is 31.2 Å². The average Bonchev–Trinajstić information content (AvgIpc) is 3.24. The summed E-state index contributed by atoms with van der Waals surface area (Å²) in [6, 6.07) is 16.1. The van der Waals surface area contributed by atoms with E-state index in [1.807, 2.05) is 0 Å². The van der Waals surface area contributed by atoms with Gasteiger partial charge in [0.05, 0.1) is 17.2 Å². The van der Waals surface area contributed by atoms with Crippen molar-refractivity contribution in [2.75, 3.05) is 11.9 Å². The highest BCUT2D eigenvalue weighted by atomic mass is 35.5. The Balaban J connectivity index is 1.63. The van der Waals surface area contributed by atoms with E-state index < -0.39 is 10.9 Å². The van der Waals surface area contributed by atoms with Crippen LogP contribution in [0.3, 0.4) is 0 Å². The molecule has 166 valence electrons.